The summed E-state index contributed by atoms with van der Waals surface area (Å²) in [6.07, 6.45) is 0. The van der Waals surface area contributed by atoms with Crippen molar-refractivity contribution in [3.05, 3.63) is 75.1 Å². The van der Waals surface area contributed by atoms with Gasteiger partial charge < -0.3 is 14.8 Å². The van der Waals surface area contributed by atoms with Crippen LogP contribution in [0.15, 0.2) is 42.5 Å². The maximum atomic E-state index is 12.7. The molecule has 1 aromatic heterocycles. The third-order valence-electron chi connectivity index (χ3n) is 4.88. The fourth-order valence-corrected chi connectivity index (χ4v) is 3.37. The number of carbonyl (C=O) groups is 1. The number of benzene rings is 2. The Morgan fingerprint density at radius 2 is 1.72 bits per heavy atom. The van der Waals surface area contributed by atoms with Crippen LogP contribution in [0.5, 0.6) is 11.5 Å². The monoisotopic (exact) mass is 438 g/mol. The molecular formula is C23H26N4O5. The van der Waals surface area contributed by atoms with Crippen molar-refractivity contribution in [3.8, 4) is 11.5 Å². The summed E-state index contributed by atoms with van der Waals surface area (Å²) in [5.41, 5.74) is 2.87. The molecule has 0 radical (unpaired) electrons. The van der Waals surface area contributed by atoms with Crippen LogP contribution in [0.25, 0.3) is 0 Å². The molecule has 3 aromatic rings. The largest absolute Gasteiger partial charge is 0.490 e. The van der Waals surface area contributed by atoms with Crippen LogP contribution in [0.4, 0.5) is 11.4 Å². The van der Waals surface area contributed by atoms with E-state index in [0.717, 1.165) is 5.56 Å². The molecule has 9 heteroatoms. The van der Waals surface area contributed by atoms with Crippen molar-refractivity contribution in [2.24, 2.45) is 0 Å². The van der Waals surface area contributed by atoms with Gasteiger partial charge in [-0.2, -0.15) is 5.10 Å². The molecule has 0 aliphatic carbocycles. The van der Waals surface area contributed by atoms with Crippen molar-refractivity contribution in [2.45, 2.75) is 34.2 Å². The van der Waals surface area contributed by atoms with E-state index in [1.54, 1.807) is 61.0 Å². The second-order valence-electron chi connectivity index (χ2n) is 7.11. The van der Waals surface area contributed by atoms with Gasteiger partial charge in [0.05, 0.1) is 24.7 Å². The third kappa shape index (κ3) is 5.05. The number of nitrogens with zero attached hydrogens (tertiary/aromatic N) is 3. The molecule has 1 amide bonds. The Hall–Kier alpha value is -3.88. The molecule has 0 spiro atoms. The van der Waals surface area contributed by atoms with Crippen LogP contribution < -0.4 is 14.8 Å². The molecule has 0 aliphatic rings. The first-order chi connectivity index (χ1) is 15.3. The molecule has 0 atom stereocenters. The number of aryl methyl sites for hydroxylation is 1. The normalized spacial score (nSPS) is 10.6. The fraction of sp³-hybridized carbons (Fsp3) is 0.304. The lowest BCUT2D eigenvalue weighted by atomic mass is 10.1. The van der Waals surface area contributed by atoms with Crippen molar-refractivity contribution in [2.75, 3.05) is 18.5 Å². The van der Waals surface area contributed by atoms with Crippen LogP contribution in [0, 0.1) is 24.0 Å². The first kappa shape index (κ1) is 22.8. The number of rotatable bonds is 9. The summed E-state index contributed by atoms with van der Waals surface area (Å²) < 4.78 is 12.7. The molecule has 0 bridgehead atoms. The summed E-state index contributed by atoms with van der Waals surface area (Å²) in [6.45, 7) is 8.44. The summed E-state index contributed by atoms with van der Waals surface area (Å²) in [4.78, 5) is 23.4. The number of amides is 1. The average molecular weight is 438 g/mol. The van der Waals surface area contributed by atoms with Gasteiger partial charge in [-0.3, -0.25) is 19.6 Å². The highest BCUT2D eigenvalue weighted by molar-refractivity contribution is 6.04. The molecule has 0 aliphatic heterocycles. The van der Waals surface area contributed by atoms with E-state index < -0.39 is 4.92 Å². The molecule has 0 saturated heterocycles. The summed E-state index contributed by atoms with van der Waals surface area (Å²) in [5, 5.41) is 18.3. The number of ether oxygens (including phenoxy) is 2. The zero-order chi connectivity index (χ0) is 23.3. The van der Waals surface area contributed by atoms with E-state index >= 15 is 0 Å². The van der Waals surface area contributed by atoms with Crippen LogP contribution in [0.1, 0.15) is 41.2 Å². The van der Waals surface area contributed by atoms with Gasteiger partial charge in [0, 0.05) is 17.3 Å². The van der Waals surface area contributed by atoms with E-state index in [0.29, 0.717) is 53.9 Å². The number of nitro groups is 1. The molecule has 1 heterocycles. The number of aromatic nitrogens is 2. The second kappa shape index (κ2) is 9.95. The average Bonchev–Trinajstić information content (AvgIpc) is 3.03. The Bertz CT molecular complexity index is 1120. The van der Waals surface area contributed by atoms with Crippen molar-refractivity contribution in [1.29, 1.82) is 0 Å². The Morgan fingerprint density at radius 3 is 2.31 bits per heavy atom. The second-order valence-corrected chi connectivity index (χ2v) is 7.11. The smallest absolute Gasteiger partial charge is 0.312 e. The van der Waals surface area contributed by atoms with E-state index in [9.17, 15) is 14.9 Å². The lowest BCUT2D eigenvalue weighted by Crippen LogP contribution is -2.12. The highest BCUT2D eigenvalue weighted by atomic mass is 16.6. The Kier molecular flexibility index (Phi) is 7.09. The minimum absolute atomic E-state index is 0.0303. The number of hydrogen-bond acceptors (Lipinski definition) is 6. The Balaban J connectivity index is 1.71. The first-order valence-corrected chi connectivity index (χ1v) is 10.3. The number of carbonyl (C=O) groups excluding carboxylic acids is 1. The van der Waals surface area contributed by atoms with Gasteiger partial charge in [-0.05, 0) is 57.5 Å². The molecule has 1 N–H and O–H groups in total. The molecule has 168 valence electrons. The number of anilines is 1. The zero-order valence-electron chi connectivity index (χ0n) is 18.5. The van der Waals surface area contributed by atoms with Gasteiger partial charge in [0.1, 0.15) is 11.4 Å². The van der Waals surface area contributed by atoms with Gasteiger partial charge in [-0.15, -0.1) is 0 Å². The van der Waals surface area contributed by atoms with Gasteiger partial charge in [-0.25, -0.2) is 0 Å². The molecular weight excluding hydrogens is 412 g/mol. The number of nitrogens with one attached hydrogen (secondary N) is 1. The Morgan fingerprint density at radius 1 is 1.06 bits per heavy atom. The predicted molar refractivity (Wildman–Crippen MR) is 121 cm³/mol. The maximum Gasteiger partial charge on any atom is 0.312 e. The number of hydrogen-bond donors (Lipinski definition) is 1. The van der Waals surface area contributed by atoms with Crippen molar-refractivity contribution in [3.63, 3.8) is 0 Å². The quantitative estimate of drug-likeness (QED) is 0.389. The summed E-state index contributed by atoms with van der Waals surface area (Å²) in [7, 11) is 0. The Labute approximate surface area is 186 Å². The van der Waals surface area contributed by atoms with E-state index in [2.05, 4.69) is 10.4 Å². The molecule has 9 nitrogen and oxygen atoms in total. The molecule has 2 aromatic carbocycles. The van der Waals surface area contributed by atoms with Crippen molar-refractivity contribution in [1.82, 2.24) is 9.78 Å². The molecule has 3 rings (SSSR count). The van der Waals surface area contributed by atoms with E-state index in [1.807, 2.05) is 13.8 Å². The van der Waals surface area contributed by atoms with Gasteiger partial charge in [0.15, 0.2) is 11.5 Å². The van der Waals surface area contributed by atoms with Crippen molar-refractivity contribution >= 4 is 17.3 Å². The van der Waals surface area contributed by atoms with Crippen LogP contribution in [-0.2, 0) is 6.54 Å². The van der Waals surface area contributed by atoms with Crippen molar-refractivity contribution < 1.29 is 19.2 Å². The summed E-state index contributed by atoms with van der Waals surface area (Å²) in [5.74, 6) is 0.937. The molecule has 0 saturated carbocycles. The van der Waals surface area contributed by atoms with Gasteiger partial charge >= 0.3 is 5.69 Å². The third-order valence-corrected chi connectivity index (χ3v) is 4.88. The topological polar surface area (TPSA) is 109 Å². The minimum Gasteiger partial charge on any atom is -0.490 e. The van der Waals surface area contributed by atoms with Crippen LogP contribution in [0.2, 0.25) is 0 Å². The van der Waals surface area contributed by atoms with Gasteiger partial charge in [0.2, 0.25) is 0 Å². The van der Waals surface area contributed by atoms with Gasteiger partial charge in [0.25, 0.3) is 5.91 Å². The SMILES string of the molecule is CCOc1ccc(NC(=O)c2ccc(Cn3nc(C)c([N+](=O)[O-])c3C)cc2)cc1OCC. The van der Waals surface area contributed by atoms with E-state index in [1.165, 1.54) is 0 Å². The zero-order valence-corrected chi connectivity index (χ0v) is 18.5. The highest BCUT2D eigenvalue weighted by Gasteiger charge is 2.21. The maximum absolute atomic E-state index is 12.7. The summed E-state index contributed by atoms with van der Waals surface area (Å²) >= 11 is 0. The summed E-state index contributed by atoms with van der Waals surface area (Å²) in [6, 6.07) is 12.3. The fourth-order valence-electron chi connectivity index (χ4n) is 3.37. The predicted octanol–water partition coefficient (Wildman–Crippen LogP) is 4.51. The standard InChI is InChI=1S/C23H26N4O5/c1-5-31-20-12-11-19(13-21(20)32-6-2)24-23(28)18-9-7-17(8-10-18)14-26-16(4)22(27(29)30)15(3)25-26/h7-13H,5-6,14H2,1-4H3,(H,24,28). The van der Waals surface area contributed by atoms with E-state index in [4.69, 9.17) is 9.47 Å². The molecule has 0 unspecified atom stereocenters. The van der Waals surface area contributed by atoms with Crippen LogP contribution in [0.3, 0.4) is 0 Å². The minimum atomic E-state index is -0.417. The van der Waals surface area contributed by atoms with E-state index in [-0.39, 0.29) is 11.6 Å². The molecule has 0 fully saturated rings. The van der Waals surface area contributed by atoms with Crippen LogP contribution >= 0.6 is 0 Å². The lowest BCUT2D eigenvalue weighted by Gasteiger charge is -2.13. The highest BCUT2D eigenvalue weighted by Crippen LogP contribution is 2.31. The van der Waals surface area contributed by atoms with Gasteiger partial charge in [-0.1, -0.05) is 12.1 Å². The van der Waals surface area contributed by atoms with Crippen LogP contribution in [-0.4, -0.2) is 33.8 Å². The first-order valence-electron chi connectivity index (χ1n) is 10.3. The molecule has 32 heavy (non-hydrogen) atoms. The lowest BCUT2D eigenvalue weighted by molar-refractivity contribution is -0.386.